The Hall–Kier alpha value is -2.16. The summed E-state index contributed by atoms with van der Waals surface area (Å²) in [7, 11) is 0. The summed E-state index contributed by atoms with van der Waals surface area (Å²) in [6.07, 6.45) is 13.5. The van der Waals surface area contributed by atoms with Gasteiger partial charge in [0.25, 0.3) is 0 Å². The molecule has 3 N–H and O–H groups in total. The number of alkyl carbamates (subject to hydrolysis) is 1. The molecule has 1 aromatic rings. The van der Waals surface area contributed by atoms with Crippen molar-refractivity contribution in [3.8, 4) is 0 Å². The maximum Gasteiger partial charge on any atom is 0.407 e. The summed E-state index contributed by atoms with van der Waals surface area (Å²) < 4.78 is 17.5. The fraction of sp³-hybridized carbons (Fsp3) is 0.771. The van der Waals surface area contributed by atoms with E-state index in [2.05, 4.69) is 41.9 Å². The Labute approximate surface area is 262 Å². The predicted molar refractivity (Wildman–Crippen MR) is 176 cm³/mol. The summed E-state index contributed by atoms with van der Waals surface area (Å²) in [6, 6.07) is 9.75. The molecule has 8 heteroatoms. The van der Waals surface area contributed by atoms with E-state index in [1.54, 1.807) is 0 Å². The Bertz CT molecular complexity index is 815. The third-order valence-electron chi connectivity index (χ3n) is 7.10. The van der Waals surface area contributed by atoms with E-state index in [0.29, 0.717) is 39.3 Å². The van der Waals surface area contributed by atoms with Crippen molar-refractivity contribution >= 4 is 12.0 Å². The van der Waals surface area contributed by atoms with Crippen molar-refractivity contribution in [2.45, 2.75) is 142 Å². The monoisotopic (exact) mass is 605 g/mol. The largest absolute Gasteiger partial charge is 0.444 e. The lowest BCUT2D eigenvalue weighted by molar-refractivity contribution is -0.124. The molecule has 8 nitrogen and oxygen atoms in total. The summed E-state index contributed by atoms with van der Waals surface area (Å²) in [5.41, 5.74) is 0.605. The first-order valence-electron chi connectivity index (χ1n) is 17.0. The van der Waals surface area contributed by atoms with Crippen molar-refractivity contribution in [2.75, 3.05) is 32.9 Å². The van der Waals surface area contributed by atoms with E-state index in [4.69, 9.17) is 14.2 Å². The molecule has 2 atom stereocenters. The lowest BCUT2D eigenvalue weighted by Gasteiger charge is -2.22. The highest BCUT2D eigenvalue weighted by atomic mass is 16.6. The van der Waals surface area contributed by atoms with Gasteiger partial charge in [0.2, 0.25) is 5.91 Å². The maximum absolute atomic E-state index is 13.4. The quantitative estimate of drug-likeness (QED) is 0.0959. The molecule has 0 aromatic heterocycles. The molecule has 0 spiro atoms. The van der Waals surface area contributed by atoms with Crippen molar-refractivity contribution in [3.63, 3.8) is 0 Å². The zero-order valence-electron chi connectivity index (χ0n) is 28.0. The molecule has 0 aliphatic heterocycles. The molecule has 0 bridgehead atoms. The van der Waals surface area contributed by atoms with Gasteiger partial charge < -0.3 is 30.2 Å². The number of ether oxygens (including phenoxy) is 3. The molecular formula is C35H63N3O5. The summed E-state index contributed by atoms with van der Waals surface area (Å²) in [6.45, 7) is 13.4. The Kier molecular flexibility index (Phi) is 22.8. The molecule has 43 heavy (non-hydrogen) atoms. The van der Waals surface area contributed by atoms with Gasteiger partial charge in [0.15, 0.2) is 0 Å². The number of carbonyl (C=O) groups excluding carboxylic acids is 2. The van der Waals surface area contributed by atoms with Crippen LogP contribution in [0.4, 0.5) is 4.79 Å². The normalized spacial score (nSPS) is 13.0. The van der Waals surface area contributed by atoms with Crippen LogP contribution in [0.1, 0.15) is 124 Å². The van der Waals surface area contributed by atoms with E-state index in [9.17, 15) is 9.59 Å². The van der Waals surface area contributed by atoms with Crippen molar-refractivity contribution in [1.82, 2.24) is 16.0 Å². The summed E-state index contributed by atoms with van der Waals surface area (Å²) in [5, 5.41) is 9.38. The second-order valence-corrected chi connectivity index (χ2v) is 12.5. The second kappa shape index (κ2) is 25.2. The first-order valence-corrected chi connectivity index (χ1v) is 17.0. The van der Waals surface area contributed by atoms with Gasteiger partial charge in [0, 0.05) is 32.8 Å². The fourth-order valence-electron chi connectivity index (χ4n) is 4.62. The minimum Gasteiger partial charge on any atom is -0.444 e. The second-order valence-electron chi connectivity index (χ2n) is 12.5. The van der Waals surface area contributed by atoms with Crippen LogP contribution in [0.3, 0.4) is 0 Å². The zero-order chi connectivity index (χ0) is 31.6. The zero-order valence-corrected chi connectivity index (χ0v) is 28.0. The van der Waals surface area contributed by atoms with Gasteiger partial charge in [-0.2, -0.15) is 0 Å². The molecule has 0 aliphatic rings. The van der Waals surface area contributed by atoms with E-state index in [0.717, 1.165) is 37.9 Å². The lowest BCUT2D eigenvalue weighted by Crippen LogP contribution is -2.47. The highest BCUT2D eigenvalue weighted by Gasteiger charge is 2.20. The van der Waals surface area contributed by atoms with E-state index < -0.39 is 11.7 Å². The van der Waals surface area contributed by atoms with Crippen LogP contribution in [0, 0.1) is 0 Å². The SMILES string of the molecule is CCCCCCCOCC(CNC(=O)[C@H](CCCCNC(=O)OC(C)(C)C)NCc1ccccc1)OCCCCCCC. The van der Waals surface area contributed by atoms with Gasteiger partial charge in [-0.05, 0) is 58.4 Å². The van der Waals surface area contributed by atoms with Crippen LogP contribution < -0.4 is 16.0 Å². The molecule has 2 amide bonds. The highest BCUT2D eigenvalue weighted by molar-refractivity contribution is 5.81. The van der Waals surface area contributed by atoms with Crippen LogP contribution in [-0.4, -0.2) is 62.7 Å². The molecule has 1 rings (SSSR count). The van der Waals surface area contributed by atoms with Crippen LogP contribution >= 0.6 is 0 Å². The molecule has 0 radical (unpaired) electrons. The third kappa shape index (κ3) is 23.0. The molecular weight excluding hydrogens is 542 g/mol. The number of hydrogen-bond acceptors (Lipinski definition) is 6. The molecule has 0 fully saturated rings. The average Bonchev–Trinajstić information content (AvgIpc) is 2.97. The molecule has 1 aromatic carbocycles. The van der Waals surface area contributed by atoms with E-state index >= 15 is 0 Å². The predicted octanol–water partition coefficient (Wildman–Crippen LogP) is 7.30. The van der Waals surface area contributed by atoms with Crippen LogP contribution in [0.2, 0.25) is 0 Å². The van der Waals surface area contributed by atoms with E-state index in [1.807, 2.05) is 39.0 Å². The Morgan fingerprint density at radius 1 is 0.791 bits per heavy atom. The topological polar surface area (TPSA) is 97.9 Å². The van der Waals surface area contributed by atoms with Crippen molar-refractivity contribution in [1.29, 1.82) is 0 Å². The number of rotatable bonds is 26. The minimum atomic E-state index is -0.523. The van der Waals surface area contributed by atoms with Crippen LogP contribution in [-0.2, 0) is 25.5 Å². The molecule has 248 valence electrons. The smallest absolute Gasteiger partial charge is 0.407 e. The van der Waals surface area contributed by atoms with Crippen molar-refractivity contribution in [2.24, 2.45) is 0 Å². The number of nitrogens with one attached hydrogen (secondary N) is 3. The van der Waals surface area contributed by atoms with Gasteiger partial charge in [-0.25, -0.2) is 4.79 Å². The Morgan fingerprint density at radius 3 is 2.09 bits per heavy atom. The molecule has 0 heterocycles. The van der Waals surface area contributed by atoms with Crippen LogP contribution in [0.5, 0.6) is 0 Å². The average molecular weight is 606 g/mol. The van der Waals surface area contributed by atoms with Gasteiger partial charge in [-0.3, -0.25) is 4.79 Å². The summed E-state index contributed by atoms with van der Waals surface area (Å²) >= 11 is 0. The fourth-order valence-corrected chi connectivity index (χ4v) is 4.62. The third-order valence-corrected chi connectivity index (χ3v) is 7.10. The van der Waals surface area contributed by atoms with Gasteiger partial charge in [0.05, 0.1) is 18.8 Å². The van der Waals surface area contributed by atoms with Crippen molar-refractivity contribution < 1.29 is 23.8 Å². The van der Waals surface area contributed by atoms with Gasteiger partial charge >= 0.3 is 6.09 Å². The van der Waals surface area contributed by atoms with Crippen LogP contribution in [0.15, 0.2) is 30.3 Å². The standard InChI is InChI=1S/C35H63N3O5/c1-6-8-10-12-19-25-41-29-31(42-26-20-13-11-9-7-2)28-38-33(39)32(37-27-30-21-15-14-16-22-30)23-17-18-24-36-34(40)43-35(3,4)5/h14-16,21-22,31-32,37H,6-13,17-20,23-29H2,1-5H3,(H,36,40)(H,38,39)/t31?,32-/m0/s1. The summed E-state index contributed by atoms with van der Waals surface area (Å²) in [5.74, 6) is -0.0351. The van der Waals surface area contributed by atoms with Crippen LogP contribution in [0.25, 0.3) is 0 Å². The molecule has 1 unspecified atom stereocenters. The first kappa shape index (κ1) is 38.9. The van der Waals surface area contributed by atoms with E-state index in [-0.39, 0.29) is 18.1 Å². The van der Waals surface area contributed by atoms with Gasteiger partial charge in [-0.1, -0.05) is 95.5 Å². The molecule has 0 saturated carbocycles. The van der Waals surface area contributed by atoms with Gasteiger partial charge in [0.1, 0.15) is 5.60 Å². The highest BCUT2D eigenvalue weighted by Crippen LogP contribution is 2.09. The molecule has 0 aliphatic carbocycles. The number of carbonyl (C=O) groups is 2. The Morgan fingerprint density at radius 2 is 1.44 bits per heavy atom. The lowest BCUT2D eigenvalue weighted by atomic mass is 10.1. The summed E-state index contributed by atoms with van der Waals surface area (Å²) in [4.78, 5) is 25.3. The van der Waals surface area contributed by atoms with Crippen molar-refractivity contribution in [3.05, 3.63) is 35.9 Å². The number of unbranched alkanes of at least 4 members (excludes halogenated alkanes) is 9. The number of benzene rings is 1. The number of hydrogen-bond donors (Lipinski definition) is 3. The maximum atomic E-state index is 13.4. The molecule has 0 saturated heterocycles. The Balaban J connectivity index is 2.61. The minimum absolute atomic E-state index is 0.0351. The van der Waals surface area contributed by atoms with Gasteiger partial charge in [-0.15, -0.1) is 0 Å². The number of amides is 2. The first-order chi connectivity index (χ1) is 20.7. The van der Waals surface area contributed by atoms with E-state index in [1.165, 1.54) is 51.4 Å².